The van der Waals surface area contributed by atoms with Crippen molar-refractivity contribution < 1.29 is 19.2 Å². The van der Waals surface area contributed by atoms with Gasteiger partial charge in [0.1, 0.15) is 12.4 Å². The molecule has 0 radical (unpaired) electrons. The summed E-state index contributed by atoms with van der Waals surface area (Å²) in [6, 6.07) is 15.4. The molecule has 0 aliphatic heterocycles. The highest BCUT2D eigenvalue weighted by Crippen LogP contribution is 2.18. The summed E-state index contributed by atoms with van der Waals surface area (Å²) in [6.45, 7) is 0.202. The molecule has 0 bridgehead atoms. The van der Waals surface area contributed by atoms with Crippen molar-refractivity contribution >= 4 is 22.7 Å². The molecule has 1 N–H and O–H groups in total. The van der Waals surface area contributed by atoms with Crippen LogP contribution in [0.25, 0.3) is 11.0 Å². The topological polar surface area (TPSA) is 138 Å². The molecular weight excluding hydrogens is 456 g/mol. The summed E-state index contributed by atoms with van der Waals surface area (Å²) in [5.74, 6) is -0.718. The van der Waals surface area contributed by atoms with Gasteiger partial charge in [0.2, 0.25) is 0 Å². The maximum absolute atomic E-state index is 13.2. The number of non-ortho nitro benzene ring substituents is 1. The number of methoxy groups -OCH3 is 1. The first kappa shape index (κ1) is 23.6. The number of hydrogen-bond acceptors (Lipinski definition) is 7. The summed E-state index contributed by atoms with van der Waals surface area (Å²) in [4.78, 5) is 51.3. The Morgan fingerprint density at radius 2 is 1.77 bits per heavy atom. The van der Waals surface area contributed by atoms with E-state index in [0.717, 1.165) is 15.7 Å². The molecule has 11 heteroatoms. The van der Waals surface area contributed by atoms with Gasteiger partial charge < -0.3 is 14.0 Å². The van der Waals surface area contributed by atoms with Gasteiger partial charge in [0.25, 0.3) is 11.2 Å². The van der Waals surface area contributed by atoms with Crippen molar-refractivity contribution in [2.24, 2.45) is 0 Å². The first-order chi connectivity index (χ1) is 16.9. The average Bonchev–Trinajstić information content (AvgIpc) is 3.23. The van der Waals surface area contributed by atoms with E-state index in [1.165, 1.54) is 25.4 Å². The van der Waals surface area contributed by atoms with Crippen LogP contribution in [0.2, 0.25) is 0 Å². The van der Waals surface area contributed by atoms with E-state index in [1.54, 1.807) is 16.7 Å². The zero-order chi connectivity index (χ0) is 24.9. The number of esters is 1. The molecule has 2 heterocycles. The Labute approximate surface area is 198 Å². The van der Waals surface area contributed by atoms with Crippen molar-refractivity contribution in [1.29, 1.82) is 0 Å². The molecule has 0 amide bonds. The highest BCUT2D eigenvalue weighted by Gasteiger charge is 2.22. The second-order valence-electron chi connectivity index (χ2n) is 7.75. The van der Waals surface area contributed by atoms with Crippen molar-refractivity contribution in [3.63, 3.8) is 0 Å². The van der Waals surface area contributed by atoms with Gasteiger partial charge in [-0.3, -0.25) is 19.9 Å². The number of carbonyl (C=O) groups excluding carboxylic acids is 1. The summed E-state index contributed by atoms with van der Waals surface area (Å²) in [6.07, 6.45) is 1.89. The number of nitro benzene ring substituents is 1. The third-order valence-electron chi connectivity index (χ3n) is 5.53. The van der Waals surface area contributed by atoms with E-state index in [9.17, 15) is 24.5 Å². The van der Waals surface area contributed by atoms with E-state index in [-0.39, 0.29) is 35.6 Å². The Hall–Kier alpha value is -4.51. The molecule has 11 nitrogen and oxygen atoms in total. The van der Waals surface area contributed by atoms with Crippen LogP contribution in [0.15, 0.2) is 70.4 Å². The van der Waals surface area contributed by atoms with E-state index in [0.29, 0.717) is 13.0 Å². The van der Waals surface area contributed by atoms with Crippen molar-refractivity contribution in [3.05, 3.63) is 108 Å². The smallest absolute Gasteiger partial charge is 0.340 e. The lowest BCUT2D eigenvalue weighted by Gasteiger charge is -2.09. The first-order valence-corrected chi connectivity index (χ1v) is 10.7. The molecule has 4 rings (SSSR count). The van der Waals surface area contributed by atoms with Crippen LogP contribution in [-0.4, -0.2) is 32.1 Å². The molecule has 0 fully saturated rings. The van der Waals surface area contributed by atoms with Crippen LogP contribution < -0.4 is 11.2 Å². The molecule has 35 heavy (non-hydrogen) atoms. The third kappa shape index (κ3) is 5.04. The van der Waals surface area contributed by atoms with Gasteiger partial charge in [-0.15, -0.1) is 0 Å². The number of aromatic nitrogens is 3. The van der Waals surface area contributed by atoms with E-state index >= 15 is 0 Å². The van der Waals surface area contributed by atoms with Crippen LogP contribution >= 0.6 is 0 Å². The number of hydrogen-bond donors (Lipinski definition) is 1. The summed E-state index contributed by atoms with van der Waals surface area (Å²) in [5, 5.41) is 10.9. The third-order valence-corrected chi connectivity index (χ3v) is 5.53. The van der Waals surface area contributed by atoms with Crippen molar-refractivity contribution in [2.75, 3.05) is 7.11 Å². The van der Waals surface area contributed by atoms with Gasteiger partial charge in [-0.25, -0.2) is 14.2 Å². The number of benzene rings is 2. The fourth-order valence-electron chi connectivity index (χ4n) is 3.72. The molecule has 0 saturated heterocycles. The second kappa shape index (κ2) is 10.2. The number of rotatable bonds is 9. The number of nitrogens with one attached hydrogen (secondary N) is 1. The van der Waals surface area contributed by atoms with Crippen LogP contribution in [0.4, 0.5) is 5.69 Å². The standard InChI is InChI=1S/C24H22N4O7/c1-34-23(30)19-13-26(12-11-16-7-9-18(10-8-16)28(32)33)21-20(19)22(29)27(24(31)25-21)15-35-14-17-5-3-2-4-6-17/h2-10,13H,11-12,14-15H2,1H3,(H,25,31). The van der Waals surface area contributed by atoms with E-state index in [2.05, 4.69) is 4.98 Å². The molecule has 0 spiro atoms. The number of ether oxygens (including phenoxy) is 2. The lowest BCUT2D eigenvalue weighted by atomic mass is 10.1. The van der Waals surface area contributed by atoms with Crippen molar-refractivity contribution in [3.8, 4) is 0 Å². The Bertz CT molecular complexity index is 1480. The van der Waals surface area contributed by atoms with Gasteiger partial charge in [-0.1, -0.05) is 42.5 Å². The Kier molecular flexibility index (Phi) is 6.88. The van der Waals surface area contributed by atoms with Gasteiger partial charge in [-0.2, -0.15) is 0 Å². The maximum atomic E-state index is 13.2. The van der Waals surface area contributed by atoms with E-state index in [4.69, 9.17) is 9.47 Å². The van der Waals surface area contributed by atoms with Crippen LogP contribution in [0.3, 0.4) is 0 Å². The van der Waals surface area contributed by atoms with Crippen LogP contribution in [-0.2, 0) is 35.8 Å². The first-order valence-electron chi connectivity index (χ1n) is 10.7. The monoisotopic (exact) mass is 478 g/mol. The molecule has 4 aromatic rings. The predicted octanol–water partition coefficient (Wildman–Crippen LogP) is 2.60. The van der Waals surface area contributed by atoms with Crippen molar-refractivity contribution in [2.45, 2.75) is 26.3 Å². The van der Waals surface area contributed by atoms with Gasteiger partial charge in [-0.05, 0) is 17.5 Å². The van der Waals surface area contributed by atoms with Crippen molar-refractivity contribution in [1.82, 2.24) is 14.1 Å². The minimum atomic E-state index is -0.718. The van der Waals surface area contributed by atoms with Gasteiger partial charge in [0, 0.05) is 24.9 Å². The fraction of sp³-hybridized carbons (Fsp3) is 0.208. The van der Waals surface area contributed by atoms with Crippen LogP contribution in [0.1, 0.15) is 21.5 Å². The summed E-state index contributed by atoms with van der Waals surface area (Å²) >= 11 is 0. The molecule has 0 aliphatic rings. The fourth-order valence-corrected chi connectivity index (χ4v) is 3.72. The molecule has 0 unspecified atom stereocenters. The zero-order valence-electron chi connectivity index (χ0n) is 18.8. The maximum Gasteiger partial charge on any atom is 0.340 e. The van der Waals surface area contributed by atoms with Gasteiger partial charge in [0.15, 0.2) is 0 Å². The Morgan fingerprint density at radius 1 is 1.06 bits per heavy atom. The minimum absolute atomic E-state index is 0.0171. The number of aromatic amines is 1. The number of H-pyrrole nitrogens is 1. The minimum Gasteiger partial charge on any atom is -0.465 e. The summed E-state index contributed by atoms with van der Waals surface area (Å²) in [7, 11) is 1.20. The lowest BCUT2D eigenvalue weighted by molar-refractivity contribution is -0.384. The van der Waals surface area contributed by atoms with Crippen LogP contribution in [0, 0.1) is 10.1 Å². The second-order valence-corrected chi connectivity index (χ2v) is 7.75. The quantitative estimate of drug-likeness (QED) is 0.222. The summed E-state index contributed by atoms with van der Waals surface area (Å²) < 4.78 is 12.9. The molecular formula is C24H22N4O7. The molecule has 2 aromatic carbocycles. The molecule has 180 valence electrons. The number of nitrogens with zero attached hydrogens (tertiary/aromatic N) is 3. The Morgan fingerprint density at radius 3 is 2.43 bits per heavy atom. The number of nitro groups is 1. The molecule has 0 saturated carbocycles. The van der Waals surface area contributed by atoms with Crippen LogP contribution in [0.5, 0.6) is 0 Å². The number of fused-ring (bicyclic) bond motifs is 1. The van der Waals surface area contributed by atoms with E-state index < -0.39 is 22.1 Å². The number of aryl methyl sites for hydroxylation is 2. The SMILES string of the molecule is COC(=O)c1cn(CCc2ccc([N+](=O)[O-])cc2)c2[nH]c(=O)n(COCc3ccccc3)c(=O)c12. The molecule has 0 aliphatic carbocycles. The zero-order valence-corrected chi connectivity index (χ0v) is 18.8. The predicted molar refractivity (Wildman–Crippen MR) is 126 cm³/mol. The molecule has 0 atom stereocenters. The van der Waals surface area contributed by atoms with E-state index in [1.807, 2.05) is 30.3 Å². The normalized spacial score (nSPS) is 11.0. The summed E-state index contributed by atoms with van der Waals surface area (Å²) in [5.41, 5.74) is 0.513. The number of carbonyl (C=O) groups is 1. The highest BCUT2D eigenvalue weighted by molar-refractivity contribution is 6.02. The van der Waals surface area contributed by atoms with Gasteiger partial charge >= 0.3 is 11.7 Å². The lowest BCUT2D eigenvalue weighted by Crippen LogP contribution is -2.36. The molecule has 2 aromatic heterocycles. The average molecular weight is 478 g/mol. The van der Waals surface area contributed by atoms with Gasteiger partial charge in [0.05, 0.1) is 29.6 Å². The highest BCUT2D eigenvalue weighted by atomic mass is 16.6. The largest absolute Gasteiger partial charge is 0.465 e. The Balaban J connectivity index is 1.63.